The molecule has 0 spiro atoms. The Balaban J connectivity index is 3.12. The third-order valence-corrected chi connectivity index (χ3v) is 4.62. The van der Waals surface area contributed by atoms with Crippen LogP contribution in [0, 0.1) is 6.92 Å². The molecule has 0 bridgehead atoms. The summed E-state index contributed by atoms with van der Waals surface area (Å²) in [4.78, 5) is 10.6. The summed E-state index contributed by atoms with van der Waals surface area (Å²) in [7, 11) is -4.21. The Labute approximate surface area is 126 Å². The monoisotopic (exact) mass is 339 g/mol. The molecular formula is C13H16F3NO4S. The summed E-state index contributed by atoms with van der Waals surface area (Å²) in [5, 5.41) is 8.83. The second-order valence-electron chi connectivity index (χ2n) is 5.57. The van der Waals surface area contributed by atoms with Gasteiger partial charge in [-0.1, -0.05) is 0 Å². The van der Waals surface area contributed by atoms with E-state index in [0.717, 1.165) is 32.0 Å². The fourth-order valence-corrected chi connectivity index (χ4v) is 3.68. The average molecular weight is 339 g/mol. The molecule has 0 fully saturated rings. The Morgan fingerprint density at radius 3 is 2.23 bits per heavy atom. The lowest BCUT2D eigenvalue weighted by molar-refractivity contribution is -0.145. The zero-order valence-corrected chi connectivity index (χ0v) is 13.0. The topological polar surface area (TPSA) is 83.5 Å². The molecule has 22 heavy (non-hydrogen) atoms. The first-order valence-corrected chi connectivity index (χ1v) is 7.66. The number of carboxylic acids is 1. The van der Waals surface area contributed by atoms with E-state index in [9.17, 15) is 26.4 Å². The van der Waals surface area contributed by atoms with Crippen LogP contribution < -0.4 is 4.72 Å². The van der Waals surface area contributed by atoms with Gasteiger partial charge in [-0.05, 0) is 44.5 Å². The first-order chi connectivity index (χ1) is 9.73. The van der Waals surface area contributed by atoms with Crippen LogP contribution in [0.2, 0.25) is 0 Å². The Hall–Kier alpha value is -1.61. The van der Waals surface area contributed by atoms with Crippen LogP contribution in [-0.2, 0) is 10.0 Å². The number of hydrogen-bond donors (Lipinski definition) is 2. The average Bonchev–Trinajstić information content (AvgIpc) is 2.22. The Bertz CT molecular complexity index is 681. The molecule has 124 valence electrons. The maximum atomic E-state index is 12.4. The molecule has 2 N–H and O–H groups in total. The molecule has 0 amide bonds. The fraction of sp³-hybridized carbons (Fsp3) is 0.462. The number of nitrogens with one attached hydrogen (secondary N) is 1. The fourth-order valence-electron chi connectivity index (χ4n) is 2.04. The summed E-state index contributed by atoms with van der Waals surface area (Å²) >= 11 is 0. The Morgan fingerprint density at radius 1 is 1.27 bits per heavy atom. The molecular weight excluding hydrogens is 323 g/mol. The summed E-state index contributed by atoms with van der Waals surface area (Å²) in [5.41, 5.74) is -1.70. The molecule has 1 aromatic rings. The van der Waals surface area contributed by atoms with Crippen molar-refractivity contribution in [2.45, 2.75) is 43.8 Å². The second-order valence-corrected chi connectivity index (χ2v) is 7.22. The summed E-state index contributed by atoms with van der Waals surface area (Å²) in [5.74, 6) is -1.22. The van der Waals surface area contributed by atoms with Crippen molar-refractivity contribution in [3.63, 3.8) is 0 Å². The molecule has 0 aliphatic heterocycles. The maximum absolute atomic E-state index is 12.4. The van der Waals surface area contributed by atoms with Crippen molar-refractivity contribution < 1.29 is 31.5 Å². The van der Waals surface area contributed by atoms with E-state index in [1.54, 1.807) is 0 Å². The molecule has 1 rings (SSSR count). The lowest BCUT2D eigenvalue weighted by Crippen LogP contribution is -2.46. The van der Waals surface area contributed by atoms with E-state index < -0.39 is 34.1 Å². The molecule has 0 aliphatic carbocycles. The summed E-state index contributed by atoms with van der Waals surface area (Å²) in [6.45, 7) is 3.62. The molecule has 0 atom stereocenters. The van der Waals surface area contributed by atoms with Crippen molar-refractivity contribution in [3.05, 3.63) is 29.3 Å². The second kappa shape index (κ2) is 5.88. The van der Waals surface area contributed by atoms with Gasteiger partial charge in [-0.25, -0.2) is 17.9 Å². The van der Waals surface area contributed by atoms with Crippen molar-refractivity contribution in [1.29, 1.82) is 0 Å². The highest BCUT2D eigenvalue weighted by atomic mass is 32.2. The van der Waals surface area contributed by atoms with Gasteiger partial charge in [-0.3, -0.25) is 0 Å². The highest BCUT2D eigenvalue weighted by Gasteiger charge is 2.39. The smallest absolute Gasteiger partial charge is 0.390 e. The molecule has 0 aliphatic rings. The molecule has 0 aromatic heterocycles. The SMILES string of the molecule is Cc1cc(C(=O)O)ccc1S(=O)(=O)NC(C)(C)CC(F)(F)F. The predicted molar refractivity (Wildman–Crippen MR) is 73.2 cm³/mol. The lowest BCUT2D eigenvalue weighted by Gasteiger charge is -2.27. The van der Waals surface area contributed by atoms with Gasteiger partial charge >= 0.3 is 12.1 Å². The minimum absolute atomic E-state index is 0.106. The molecule has 0 radical (unpaired) electrons. The number of sulfonamides is 1. The van der Waals surface area contributed by atoms with Crippen molar-refractivity contribution in [3.8, 4) is 0 Å². The summed E-state index contributed by atoms with van der Waals surface area (Å²) in [6.07, 6.45) is -5.85. The first kappa shape index (κ1) is 18.4. The molecule has 0 unspecified atom stereocenters. The van der Waals surface area contributed by atoms with Crippen LogP contribution in [0.5, 0.6) is 0 Å². The number of rotatable bonds is 5. The lowest BCUT2D eigenvalue weighted by atomic mass is 10.0. The van der Waals surface area contributed by atoms with Crippen LogP contribution in [0.3, 0.4) is 0 Å². The van der Waals surface area contributed by atoms with E-state index in [4.69, 9.17) is 5.11 Å². The van der Waals surface area contributed by atoms with Gasteiger partial charge in [-0.2, -0.15) is 13.2 Å². The van der Waals surface area contributed by atoms with Crippen molar-refractivity contribution in [2.75, 3.05) is 0 Å². The summed E-state index contributed by atoms with van der Waals surface area (Å²) < 4.78 is 63.8. The molecule has 5 nitrogen and oxygen atoms in total. The number of halogens is 3. The number of alkyl halides is 3. The van der Waals surface area contributed by atoms with Gasteiger partial charge in [-0.15, -0.1) is 0 Å². The van der Waals surface area contributed by atoms with E-state index >= 15 is 0 Å². The van der Waals surface area contributed by atoms with E-state index in [1.807, 2.05) is 4.72 Å². The number of aromatic carboxylic acids is 1. The van der Waals surface area contributed by atoms with Crippen LogP contribution in [-0.4, -0.2) is 31.2 Å². The third kappa shape index (κ3) is 4.99. The quantitative estimate of drug-likeness (QED) is 0.864. The normalized spacial score (nSPS) is 13.2. The molecule has 9 heteroatoms. The van der Waals surface area contributed by atoms with Gasteiger partial charge in [0, 0.05) is 5.54 Å². The molecule has 0 saturated carbocycles. The zero-order valence-electron chi connectivity index (χ0n) is 12.2. The van der Waals surface area contributed by atoms with E-state index in [1.165, 1.54) is 6.92 Å². The van der Waals surface area contributed by atoms with Gasteiger partial charge in [0.05, 0.1) is 16.9 Å². The number of carbonyl (C=O) groups is 1. The van der Waals surface area contributed by atoms with Gasteiger partial charge in [0.2, 0.25) is 10.0 Å². The number of hydrogen-bond acceptors (Lipinski definition) is 3. The highest BCUT2D eigenvalue weighted by molar-refractivity contribution is 7.89. The molecule has 1 aromatic carbocycles. The third-order valence-electron chi connectivity index (χ3n) is 2.76. The summed E-state index contributed by atoms with van der Waals surface area (Å²) in [6, 6.07) is 3.29. The van der Waals surface area contributed by atoms with E-state index in [2.05, 4.69) is 0 Å². The van der Waals surface area contributed by atoms with Crippen molar-refractivity contribution in [2.24, 2.45) is 0 Å². The largest absolute Gasteiger partial charge is 0.478 e. The van der Waals surface area contributed by atoms with Crippen LogP contribution in [0.4, 0.5) is 13.2 Å². The van der Waals surface area contributed by atoms with E-state index in [-0.39, 0.29) is 16.0 Å². The van der Waals surface area contributed by atoms with Crippen LogP contribution in [0.15, 0.2) is 23.1 Å². The van der Waals surface area contributed by atoms with Crippen LogP contribution >= 0.6 is 0 Å². The standard InChI is InChI=1S/C13H16F3NO4S/c1-8-6-9(11(18)19)4-5-10(8)22(20,21)17-12(2,3)7-13(14,15)16/h4-6,17H,7H2,1-3H3,(H,18,19). The number of benzene rings is 1. The number of aryl methyl sites for hydroxylation is 1. The van der Waals surface area contributed by atoms with Crippen molar-refractivity contribution in [1.82, 2.24) is 4.72 Å². The van der Waals surface area contributed by atoms with Gasteiger partial charge in [0.1, 0.15) is 0 Å². The molecule has 0 saturated heterocycles. The van der Waals surface area contributed by atoms with Gasteiger partial charge < -0.3 is 5.11 Å². The van der Waals surface area contributed by atoms with Gasteiger partial charge in [0.15, 0.2) is 0 Å². The van der Waals surface area contributed by atoms with E-state index in [0.29, 0.717) is 0 Å². The Kier molecular flexibility index (Phi) is 4.93. The maximum Gasteiger partial charge on any atom is 0.390 e. The minimum atomic E-state index is -4.52. The van der Waals surface area contributed by atoms with Gasteiger partial charge in [0.25, 0.3) is 0 Å². The van der Waals surface area contributed by atoms with Crippen molar-refractivity contribution >= 4 is 16.0 Å². The highest BCUT2D eigenvalue weighted by Crippen LogP contribution is 2.29. The minimum Gasteiger partial charge on any atom is -0.478 e. The molecule has 0 heterocycles. The first-order valence-electron chi connectivity index (χ1n) is 6.18. The zero-order chi connectivity index (χ0) is 17.3. The number of carboxylic acid groups (broad SMARTS) is 1. The predicted octanol–water partition coefficient (Wildman–Crippen LogP) is 2.70. The Morgan fingerprint density at radius 2 is 1.82 bits per heavy atom. The van der Waals surface area contributed by atoms with Crippen LogP contribution in [0.25, 0.3) is 0 Å². The van der Waals surface area contributed by atoms with Crippen LogP contribution in [0.1, 0.15) is 36.2 Å².